The van der Waals surface area contributed by atoms with E-state index in [4.69, 9.17) is 23.2 Å². The van der Waals surface area contributed by atoms with Gasteiger partial charge in [0.25, 0.3) is 0 Å². The molecule has 0 saturated heterocycles. The minimum absolute atomic E-state index is 0.318. The SMILES string of the molecule is Cc1ccc(Br)c(C(Cl)Cc2c(F)cccc2Cl)c1. The van der Waals surface area contributed by atoms with Crippen LogP contribution in [0.2, 0.25) is 5.02 Å². The summed E-state index contributed by atoms with van der Waals surface area (Å²) < 4.78 is 14.7. The van der Waals surface area contributed by atoms with Crippen LogP contribution in [-0.4, -0.2) is 0 Å². The maximum Gasteiger partial charge on any atom is 0.127 e. The topological polar surface area (TPSA) is 0 Å². The summed E-state index contributed by atoms with van der Waals surface area (Å²) in [6, 6.07) is 10.6. The second-order valence-electron chi connectivity index (χ2n) is 4.40. The lowest BCUT2D eigenvalue weighted by Crippen LogP contribution is -2.01. The van der Waals surface area contributed by atoms with E-state index >= 15 is 0 Å². The van der Waals surface area contributed by atoms with E-state index in [1.165, 1.54) is 6.07 Å². The number of benzene rings is 2. The van der Waals surface area contributed by atoms with Crippen molar-refractivity contribution >= 4 is 39.1 Å². The standard InChI is InChI=1S/C15H12BrCl2F/c1-9-5-6-12(16)10(7-9)14(18)8-11-13(17)3-2-4-15(11)19/h2-7,14H,8H2,1H3. The Morgan fingerprint density at radius 1 is 1.26 bits per heavy atom. The number of halogens is 4. The highest BCUT2D eigenvalue weighted by Crippen LogP contribution is 2.34. The van der Waals surface area contributed by atoms with Crippen LogP contribution in [0.4, 0.5) is 4.39 Å². The Kier molecular flexibility index (Phi) is 4.88. The van der Waals surface area contributed by atoms with Crippen molar-refractivity contribution in [2.24, 2.45) is 0 Å². The van der Waals surface area contributed by atoms with Gasteiger partial charge in [-0.15, -0.1) is 11.6 Å². The Bertz CT molecular complexity index is 578. The van der Waals surface area contributed by atoms with Crippen molar-refractivity contribution < 1.29 is 4.39 Å². The van der Waals surface area contributed by atoms with Gasteiger partial charge in [0, 0.05) is 15.1 Å². The first-order valence-corrected chi connectivity index (χ1v) is 7.43. The lowest BCUT2D eigenvalue weighted by molar-refractivity contribution is 0.607. The second kappa shape index (κ2) is 6.25. The minimum Gasteiger partial charge on any atom is -0.207 e. The van der Waals surface area contributed by atoms with Crippen molar-refractivity contribution in [1.29, 1.82) is 0 Å². The highest BCUT2D eigenvalue weighted by atomic mass is 79.9. The first kappa shape index (κ1) is 14.8. The smallest absolute Gasteiger partial charge is 0.127 e. The molecule has 0 spiro atoms. The van der Waals surface area contributed by atoms with Crippen LogP contribution in [0.25, 0.3) is 0 Å². The van der Waals surface area contributed by atoms with Crippen LogP contribution >= 0.6 is 39.1 Å². The second-order valence-corrected chi connectivity index (χ2v) is 6.19. The fourth-order valence-corrected chi connectivity index (χ4v) is 3.15. The third kappa shape index (κ3) is 3.50. The quantitative estimate of drug-likeness (QED) is 0.581. The van der Waals surface area contributed by atoms with Crippen LogP contribution in [0.15, 0.2) is 40.9 Å². The molecule has 0 aliphatic heterocycles. The normalized spacial score (nSPS) is 12.5. The minimum atomic E-state index is -0.330. The average molecular weight is 362 g/mol. The summed E-state index contributed by atoms with van der Waals surface area (Å²) in [5.74, 6) is -0.318. The van der Waals surface area contributed by atoms with E-state index in [1.54, 1.807) is 12.1 Å². The molecule has 0 aliphatic rings. The van der Waals surface area contributed by atoms with E-state index in [0.29, 0.717) is 17.0 Å². The molecular formula is C15H12BrCl2F. The molecule has 1 atom stereocenters. The molecule has 100 valence electrons. The molecule has 0 fully saturated rings. The van der Waals surface area contributed by atoms with Crippen molar-refractivity contribution in [3.05, 3.63) is 68.4 Å². The molecule has 2 rings (SSSR count). The molecular weight excluding hydrogens is 350 g/mol. The largest absolute Gasteiger partial charge is 0.207 e. The Labute approximate surface area is 130 Å². The maximum atomic E-state index is 13.8. The fourth-order valence-electron chi connectivity index (χ4n) is 1.92. The number of rotatable bonds is 3. The van der Waals surface area contributed by atoms with E-state index in [9.17, 15) is 4.39 Å². The molecule has 0 nitrogen and oxygen atoms in total. The van der Waals surface area contributed by atoms with Crippen LogP contribution in [0.1, 0.15) is 22.1 Å². The zero-order valence-corrected chi connectivity index (χ0v) is 13.4. The zero-order valence-electron chi connectivity index (χ0n) is 10.3. The number of hydrogen-bond donors (Lipinski definition) is 0. The predicted molar refractivity (Wildman–Crippen MR) is 82.6 cm³/mol. The molecule has 19 heavy (non-hydrogen) atoms. The Hall–Kier alpha value is -0.570. The van der Waals surface area contributed by atoms with Gasteiger partial charge in [0.15, 0.2) is 0 Å². The first-order valence-electron chi connectivity index (χ1n) is 5.82. The van der Waals surface area contributed by atoms with Crippen LogP contribution in [0, 0.1) is 12.7 Å². The molecule has 0 amide bonds. The summed E-state index contributed by atoms with van der Waals surface area (Å²) in [6.45, 7) is 2.00. The van der Waals surface area contributed by atoms with E-state index in [0.717, 1.165) is 15.6 Å². The van der Waals surface area contributed by atoms with Crippen molar-refractivity contribution in [2.75, 3.05) is 0 Å². The van der Waals surface area contributed by atoms with Gasteiger partial charge in [0.1, 0.15) is 5.82 Å². The van der Waals surface area contributed by atoms with Crippen molar-refractivity contribution in [1.82, 2.24) is 0 Å². The predicted octanol–water partition coefficient (Wildman–Crippen LogP) is 6.07. The number of hydrogen-bond acceptors (Lipinski definition) is 0. The summed E-state index contributed by atoms with van der Waals surface area (Å²) in [6.07, 6.45) is 0.356. The average Bonchev–Trinajstić information content (AvgIpc) is 2.37. The van der Waals surface area contributed by atoms with Crippen molar-refractivity contribution in [3.63, 3.8) is 0 Å². The summed E-state index contributed by atoms with van der Waals surface area (Å²) in [5, 5.41) is 0.0816. The van der Waals surface area contributed by atoms with Gasteiger partial charge in [0.2, 0.25) is 0 Å². The highest BCUT2D eigenvalue weighted by Gasteiger charge is 2.16. The molecule has 1 unspecified atom stereocenters. The first-order chi connectivity index (χ1) is 8.99. The van der Waals surface area contributed by atoms with Crippen LogP contribution in [-0.2, 0) is 6.42 Å². The van der Waals surface area contributed by atoms with E-state index in [1.807, 2.05) is 25.1 Å². The summed E-state index contributed by atoms with van der Waals surface area (Å²) in [5.41, 5.74) is 2.52. The molecule has 0 aliphatic carbocycles. The molecule has 0 heterocycles. The summed E-state index contributed by atoms with van der Waals surface area (Å²) >= 11 is 15.9. The van der Waals surface area contributed by atoms with Gasteiger partial charge in [-0.25, -0.2) is 4.39 Å². The van der Waals surface area contributed by atoms with Crippen molar-refractivity contribution in [2.45, 2.75) is 18.7 Å². The summed E-state index contributed by atoms with van der Waals surface area (Å²) in [7, 11) is 0. The lowest BCUT2D eigenvalue weighted by atomic mass is 10.0. The van der Waals surface area contributed by atoms with Gasteiger partial charge in [-0.05, 0) is 37.1 Å². The molecule has 0 radical (unpaired) electrons. The van der Waals surface area contributed by atoms with Crippen LogP contribution in [0.5, 0.6) is 0 Å². The zero-order chi connectivity index (χ0) is 14.0. The molecule has 0 saturated carbocycles. The molecule has 0 aromatic heterocycles. The van der Waals surface area contributed by atoms with Crippen LogP contribution in [0.3, 0.4) is 0 Å². The maximum absolute atomic E-state index is 13.8. The van der Waals surface area contributed by atoms with Crippen LogP contribution < -0.4 is 0 Å². The van der Waals surface area contributed by atoms with Gasteiger partial charge < -0.3 is 0 Å². The third-order valence-corrected chi connectivity index (χ3v) is 4.40. The number of alkyl halides is 1. The molecule has 0 bridgehead atoms. The van der Waals surface area contributed by atoms with Gasteiger partial charge in [-0.2, -0.15) is 0 Å². The van der Waals surface area contributed by atoms with Gasteiger partial charge >= 0.3 is 0 Å². The van der Waals surface area contributed by atoms with E-state index < -0.39 is 0 Å². The van der Waals surface area contributed by atoms with Gasteiger partial charge in [-0.3, -0.25) is 0 Å². The summed E-state index contributed by atoms with van der Waals surface area (Å²) in [4.78, 5) is 0. The van der Waals surface area contributed by atoms with Gasteiger partial charge in [-0.1, -0.05) is 51.3 Å². The molecule has 2 aromatic carbocycles. The molecule has 2 aromatic rings. The van der Waals surface area contributed by atoms with Gasteiger partial charge in [0.05, 0.1) is 5.38 Å². The molecule has 4 heteroatoms. The molecule has 0 N–H and O–H groups in total. The van der Waals surface area contributed by atoms with E-state index in [2.05, 4.69) is 15.9 Å². The van der Waals surface area contributed by atoms with Crippen molar-refractivity contribution in [3.8, 4) is 0 Å². The Balaban J connectivity index is 2.31. The fraction of sp³-hybridized carbons (Fsp3) is 0.200. The van der Waals surface area contributed by atoms with E-state index in [-0.39, 0.29) is 11.2 Å². The monoisotopic (exact) mass is 360 g/mol. The lowest BCUT2D eigenvalue weighted by Gasteiger charge is -2.14. The Morgan fingerprint density at radius 3 is 2.68 bits per heavy atom. The highest BCUT2D eigenvalue weighted by molar-refractivity contribution is 9.10. The Morgan fingerprint density at radius 2 is 2.00 bits per heavy atom. The third-order valence-electron chi connectivity index (χ3n) is 2.93. The number of aryl methyl sites for hydroxylation is 1.